The Labute approximate surface area is 181 Å². The van der Waals surface area contributed by atoms with E-state index in [9.17, 15) is 18.0 Å². The van der Waals surface area contributed by atoms with Crippen LogP contribution in [0, 0.1) is 0 Å². The van der Waals surface area contributed by atoms with Gasteiger partial charge in [-0.1, -0.05) is 29.8 Å². The van der Waals surface area contributed by atoms with Crippen molar-refractivity contribution in [3.05, 3.63) is 75.4 Å². The summed E-state index contributed by atoms with van der Waals surface area (Å²) in [6.07, 6.45) is 0. The normalized spacial score (nSPS) is 10.9. The molecule has 0 aliphatic rings. The number of thiophene rings is 1. The minimum atomic E-state index is -3.98. The third kappa shape index (κ3) is 5.09. The lowest BCUT2D eigenvalue weighted by molar-refractivity contribution is 0.0849. The van der Waals surface area contributed by atoms with Gasteiger partial charge < -0.3 is 4.74 Å². The summed E-state index contributed by atoms with van der Waals surface area (Å²) in [5.74, 6) is -0.867. The van der Waals surface area contributed by atoms with Gasteiger partial charge in [0.15, 0.2) is 0 Å². The van der Waals surface area contributed by atoms with Crippen molar-refractivity contribution in [1.29, 1.82) is 0 Å². The molecule has 1 aromatic heterocycles. The highest BCUT2D eigenvalue weighted by Crippen LogP contribution is 2.26. The molecule has 0 atom stereocenters. The van der Waals surface area contributed by atoms with E-state index in [1.165, 1.54) is 37.4 Å². The SMILES string of the molecule is COc1ccccc1NS(=O)(=O)c1cccc(C(=O)NNC(=O)c2ccc(Cl)s2)c1. The second-order valence-electron chi connectivity index (χ2n) is 5.85. The topological polar surface area (TPSA) is 114 Å². The van der Waals surface area contributed by atoms with Gasteiger partial charge in [-0.15, -0.1) is 11.3 Å². The van der Waals surface area contributed by atoms with Gasteiger partial charge in [0.25, 0.3) is 21.8 Å². The zero-order valence-corrected chi connectivity index (χ0v) is 17.9. The number of para-hydroxylation sites is 2. The molecule has 3 aromatic rings. The van der Waals surface area contributed by atoms with Crippen LogP contribution >= 0.6 is 22.9 Å². The van der Waals surface area contributed by atoms with E-state index in [4.69, 9.17) is 16.3 Å². The van der Waals surface area contributed by atoms with Gasteiger partial charge in [0, 0.05) is 5.56 Å². The van der Waals surface area contributed by atoms with E-state index in [2.05, 4.69) is 15.6 Å². The quantitative estimate of drug-likeness (QED) is 0.483. The van der Waals surface area contributed by atoms with Gasteiger partial charge >= 0.3 is 0 Å². The molecule has 0 saturated carbocycles. The highest BCUT2D eigenvalue weighted by atomic mass is 35.5. The van der Waals surface area contributed by atoms with Gasteiger partial charge in [-0.05, 0) is 42.5 Å². The molecular weight excluding hydrogens is 450 g/mol. The second kappa shape index (κ2) is 9.16. The van der Waals surface area contributed by atoms with Gasteiger partial charge in [0.2, 0.25) is 0 Å². The van der Waals surface area contributed by atoms with E-state index in [1.54, 1.807) is 30.3 Å². The van der Waals surface area contributed by atoms with Crippen molar-refractivity contribution in [3.8, 4) is 5.75 Å². The molecule has 0 aliphatic heterocycles. The molecule has 2 amide bonds. The summed E-state index contributed by atoms with van der Waals surface area (Å²) in [6.45, 7) is 0. The second-order valence-corrected chi connectivity index (χ2v) is 9.24. The number of ether oxygens (including phenoxy) is 1. The molecule has 0 saturated heterocycles. The maximum Gasteiger partial charge on any atom is 0.279 e. The van der Waals surface area contributed by atoms with Crippen LogP contribution < -0.4 is 20.3 Å². The zero-order chi connectivity index (χ0) is 21.7. The molecule has 3 N–H and O–H groups in total. The molecule has 0 aliphatic carbocycles. The predicted molar refractivity (Wildman–Crippen MR) is 115 cm³/mol. The fourth-order valence-corrected chi connectivity index (χ4v) is 4.47. The van der Waals surface area contributed by atoms with Gasteiger partial charge in [0.05, 0.1) is 26.9 Å². The van der Waals surface area contributed by atoms with Crippen LogP contribution in [0.3, 0.4) is 0 Å². The first-order chi connectivity index (χ1) is 14.3. The molecule has 8 nitrogen and oxygen atoms in total. The molecular formula is C19H16ClN3O5S2. The van der Waals surface area contributed by atoms with E-state index < -0.39 is 21.8 Å². The Balaban J connectivity index is 1.73. The summed E-state index contributed by atoms with van der Waals surface area (Å²) in [4.78, 5) is 24.5. The number of carbonyl (C=O) groups excluding carboxylic acids is 2. The Morgan fingerprint density at radius 2 is 1.70 bits per heavy atom. The van der Waals surface area contributed by atoms with Crippen molar-refractivity contribution in [2.75, 3.05) is 11.8 Å². The van der Waals surface area contributed by atoms with E-state index in [1.807, 2.05) is 0 Å². The van der Waals surface area contributed by atoms with Crippen molar-refractivity contribution < 1.29 is 22.7 Å². The highest BCUT2D eigenvalue weighted by molar-refractivity contribution is 7.92. The van der Waals surface area contributed by atoms with Crippen LogP contribution in [0.2, 0.25) is 4.34 Å². The Hall–Kier alpha value is -3.08. The number of hydrazine groups is 1. The molecule has 2 aromatic carbocycles. The summed E-state index contributed by atoms with van der Waals surface area (Å²) >= 11 is 6.84. The molecule has 3 rings (SSSR count). The summed E-state index contributed by atoms with van der Waals surface area (Å²) in [5, 5.41) is 0. The van der Waals surface area contributed by atoms with Gasteiger partial charge in [-0.3, -0.25) is 25.2 Å². The van der Waals surface area contributed by atoms with Gasteiger partial charge in [0.1, 0.15) is 5.75 Å². The first-order valence-electron chi connectivity index (χ1n) is 8.42. The standard InChI is InChI=1S/C19H16ClN3O5S2/c1-28-15-8-3-2-7-14(15)23-30(26,27)13-6-4-5-12(11-13)18(24)21-22-19(25)16-9-10-17(20)29-16/h2-11,23H,1H3,(H,21,24)(H,22,25). The predicted octanol–water partition coefficient (Wildman–Crippen LogP) is 3.29. The first-order valence-corrected chi connectivity index (χ1v) is 11.1. The van der Waals surface area contributed by atoms with E-state index in [0.29, 0.717) is 15.0 Å². The average molecular weight is 466 g/mol. The van der Waals surface area contributed by atoms with E-state index in [-0.39, 0.29) is 16.1 Å². The summed E-state index contributed by atoms with van der Waals surface area (Å²) in [5.41, 5.74) is 4.80. The smallest absolute Gasteiger partial charge is 0.279 e. The highest BCUT2D eigenvalue weighted by Gasteiger charge is 2.19. The largest absolute Gasteiger partial charge is 0.495 e. The van der Waals surface area contributed by atoms with Crippen molar-refractivity contribution in [1.82, 2.24) is 10.9 Å². The lowest BCUT2D eigenvalue weighted by Crippen LogP contribution is -2.41. The fourth-order valence-electron chi connectivity index (χ4n) is 2.42. The number of rotatable bonds is 6. The van der Waals surface area contributed by atoms with Crippen molar-refractivity contribution >= 4 is 50.5 Å². The Bertz CT molecular complexity index is 1190. The summed E-state index contributed by atoms with van der Waals surface area (Å²) < 4.78 is 33.4. The van der Waals surface area contributed by atoms with Crippen LogP contribution in [-0.2, 0) is 10.0 Å². The summed E-state index contributed by atoms with van der Waals surface area (Å²) in [6, 6.07) is 15.0. The minimum absolute atomic E-state index is 0.0439. The molecule has 1 heterocycles. The number of nitrogens with one attached hydrogen (secondary N) is 3. The number of amides is 2. The Kier molecular flexibility index (Phi) is 6.60. The third-order valence-electron chi connectivity index (χ3n) is 3.84. The van der Waals surface area contributed by atoms with Crippen LogP contribution in [0.1, 0.15) is 20.0 Å². The molecule has 30 heavy (non-hydrogen) atoms. The third-order valence-corrected chi connectivity index (χ3v) is 6.44. The van der Waals surface area contributed by atoms with Crippen LogP contribution in [0.4, 0.5) is 5.69 Å². The minimum Gasteiger partial charge on any atom is -0.495 e. The molecule has 0 unspecified atom stereocenters. The molecule has 0 radical (unpaired) electrons. The number of hydrogen-bond acceptors (Lipinski definition) is 6. The number of anilines is 1. The average Bonchev–Trinajstić information content (AvgIpc) is 3.18. The molecule has 156 valence electrons. The lowest BCUT2D eigenvalue weighted by atomic mass is 10.2. The van der Waals surface area contributed by atoms with Gasteiger partial charge in [-0.25, -0.2) is 8.42 Å². The lowest BCUT2D eigenvalue weighted by Gasteiger charge is -2.12. The van der Waals surface area contributed by atoms with E-state index >= 15 is 0 Å². The van der Waals surface area contributed by atoms with Gasteiger partial charge in [-0.2, -0.15) is 0 Å². The van der Waals surface area contributed by atoms with E-state index in [0.717, 1.165) is 11.3 Å². The number of sulfonamides is 1. The molecule has 0 bridgehead atoms. The number of benzene rings is 2. The summed E-state index contributed by atoms with van der Waals surface area (Å²) in [7, 11) is -2.56. The number of carbonyl (C=O) groups is 2. The Morgan fingerprint density at radius 3 is 2.40 bits per heavy atom. The number of halogens is 1. The van der Waals surface area contributed by atoms with Crippen LogP contribution in [0.15, 0.2) is 65.6 Å². The monoisotopic (exact) mass is 465 g/mol. The zero-order valence-electron chi connectivity index (χ0n) is 15.5. The molecule has 0 spiro atoms. The fraction of sp³-hybridized carbons (Fsp3) is 0.0526. The molecule has 11 heteroatoms. The van der Waals surface area contributed by atoms with Crippen LogP contribution in [0.5, 0.6) is 5.75 Å². The maximum atomic E-state index is 12.7. The van der Waals surface area contributed by atoms with Crippen LogP contribution in [-0.4, -0.2) is 27.3 Å². The van der Waals surface area contributed by atoms with Crippen molar-refractivity contribution in [2.45, 2.75) is 4.90 Å². The van der Waals surface area contributed by atoms with Crippen molar-refractivity contribution in [3.63, 3.8) is 0 Å². The number of hydrogen-bond donors (Lipinski definition) is 3. The number of methoxy groups -OCH3 is 1. The van der Waals surface area contributed by atoms with Crippen molar-refractivity contribution in [2.24, 2.45) is 0 Å². The Morgan fingerprint density at radius 1 is 0.967 bits per heavy atom. The maximum absolute atomic E-state index is 12.7. The molecule has 0 fully saturated rings. The first kappa shape index (κ1) is 21.6. The van der Waals surface area contributed by atoms with Crippen LogP contribution in [0.25, 0.3) is 0 Å².